The summed E-state index contributed by atoms with van der Waals surface area (Å²) in [4.78, 5) is 2.45. The Kier molecular flexibility index (Phi) is 4.89. The van der Waals surface area contributed by atoms with Crippen molar-refractivity contribution in [3.63, 3.8) is 0 Å². The van der Waals surface area contributed by atoms with Crippen molar-refractivity contribution in [2.24, 2.45) is 0 Å². The van der Waals surface area contributed by atoms with Gasteiger partial charge in [0.1, 0.15) is 0 Å². The van der Waals surface area contributed by atoms with Crippen molar-refractivity contribution < 1.29 is 4.74 Å². The van der Waals surface area contributed by atoms with E-state index in [1.165, 1.54) is 11.3 Å². The van der Waals surface area contributed by atoms with E-state index in [-0.39, 0.29) is 0 Å². The van der Waals surface area contributed by atoms with E-state index in [2.05, 4.69) is 48.5 Å². The van der Waals surface area contributed by atoms with Crippen molar-refractivity contribution >= 4 is 11.8 Å². The summed E-state index contributed by atoms with van der Waals surface area (Å²) in [5.74, 6) is 1.66. The molecule has 0 saturated carbocycles. The first-order valence-electron chi connectivity index (χ1n) is 6.15. The Morgan fingerprint density at radius 2 is 2.12 bits per heavy atom. The minimum Gasteiger partial charge on any atom is -0.379 e. The van der Waals surface area contributed by atoms with Gasteiger partial charge in [-0.15, -0.1) is 0 Å². The smallest absolute Gasteiger partial charge is 0.0593 e. The van der Waals surface area contributed by atoms with Crippen LogP contribution < -0.4 is 0 Å². The molecule has 0 N–H and O–H groups in total. The van der Waals surface area contributed by atoms with Gasteiger partial charge in [-0.25, -0.2) is 0 Å². The summed E-state index contributed by atoms with van der Waals surface area (Å²) in [5, 5.41) is 0. The monoisotopic (exact) mass is 251 g/mol. The number of hydrogen-bond acceptors (Lipinski definition) is 3. The first-order valence-corrected chi connectivity index (χ1v) is 7.54. The van der Waals surface area contributed by atoms with Crippen LogP contribution in [0.25, 0.3) is 0 Å². The van der Waals surface area contributed by atoms with Gasteiger partial charge in [0.05, 0.1) is 13.2 Å². The minimum atomic E-state index is 0.496. The molecule has 1 saturated heterocycles. The number of benzene rings is 1. The van der Waals surface area contributed by atoms with Gasteiger partial charge in [0, 0.05) is 24.3 Å². The molecule has 0 spiro atoms. The van der Waals surface area contributed by atoms with E-state index in [0.29, 0.717) is 12.0 Å². The first kappa shape index (κ1) is 12.9. The van der Waals surface area contributed by atoms with Gasteiger partial charge in [-0.05, 0) is 18.9 Å². The molecule has 1 aromatic carbocycles. The molecule has 1 aliphatic heterocycles. The summed E-state index contributed by atoms with van der Waals surface area (Å²) in [6.07, 6.45) is 2.18. The second-order valence-electron chi connectivity index (χ2n) is 4.60. The standard InChI is InChI=1S/C14H21NOS/c1-15-8-9-16-10-13(14(15)11-17-2)12-6-4-3-5-7-12/h3-7,13-14H,8-11H2,1-2H3. The predicted molar refractivity (Wildman–Crippen MR) is 74.8 cm³/mol. The van der Waals surface area contributed by atoms with E-state index in [0.717, 1.165) is 19.8 Å². The maximum Gasteiger partial charge on any atom is 0.0593 e. The number of hydrogen-bond donors (Lipinski definition) is 0. The highest BCUT2D eigenvalue weighted by atomic mass is 32.2. The Hall–Kier alpha value is -0.510. The molecule has 2 atom stereocenters. The van der Waals surface area contributed by atoms with Crippen molar-refractivity contribution in [2.45, 2.75) is 12.0 Å². The number of ether oxygens (including phenoxy) is 1. The minimum absolute atomic E-state index is 0.496. The van der Waals surface area contributed by atoms with Crippen LogP contribution in [-0.2, 0) is 4.74 Å². The third-order valence-corrected chi connectivity index (χ3v) is 4.16. The summed E-state index contributed by atoms with van der Waals surface area (Å²) >= 11 is 1.92. The van der Waals surface area contributed by atoms with Crippen LogP contribution in [0.2, 0.25) is 0 Å². The van der Waals surface area contributed by atoms with E-state index < -0.39 is 0 Å². The SMILES string of the molecule is CSCC1C(c2ccccc2)COCCN1C. The van der Waals surface area contributed by atoms with E-state index in [1.807, 2.05) is 11.8 Å². The normalized spacial score (nSPS) is 26.7. The molecular formula is C14H21NOS. The van der Waals surface area contributed by atoms with E-state index in [4.69, 9.17) is 4.74 Å². The van der Waals surface area contributed by atoms with Crippen LogP contribution in [0.5, 0.6) is 0 Å². The fourth-order valence-electron chi connectivity index (χ4n) is 2.44. The van der Waals surface area contributed by atoms with Crippen LogP contribution >= 0.6 is 11.8 Å². The zero-order valence-corrected chi connectivity index (χ0v) is 11.5. The van der Waals surface area contributed by atoms with Gasteiger partial charge >= 0.3 is 0 Å². The lowest BCUT2D eigenvalue weighted by Crippen LogP contribution is -2.39. The molecule has 2 rings (SSSR count). The van der Waals surface area contributed by atoms with Gasteiger partial charge in [-0.1, -0.05) is 30.3 Å². The molecular weight excluding hydrogens is 230 g/mol. The summed E-state index contributed by atoms with van der Waals surface area (Å²) in [7, 11) is 2.21. The highest BCUT2D eigenvalue weighted by molar-refractivity contribution is 7.98. The zero-order valence-electron chi connectivity index (χ0n) is 10.6. The van der Waals surface area contributed by atoms with Crippen molar-refractivity contribution in [1.29, 1.82) is 0 Å². The molecule has 0 bridgehead atoms. The van der Waals surface area contributed by atoms with Crippen LogP contribution in [0.15, 0.2) is 30.3 Å². The van der Waals surface area contributed by atoms with Crippen LogP contribution in [-0.4, -0.2) is 49.8 Å². The maximum absolute atomic E-state index is 5.76. The molecule has 1 heterocycles. The van der Waals surface area contributed by atoms with Crippen LogP contribution in [0, 0.1) is 0 Å². The highest BCUT2D eigenvalue weighted by Gasteiger charge is 2.28. The van der Waals surface area contributed by atoms with Gasteiger partial charge < -0.3 is 4.74 Å². The zero-order chi connectivity index (χ0) is 12.1. The number of nitrogens with zero attached hydrogens (tertiary/aromatic N) is 1. The topological polar surface area (TPSA) is 12.5 Å². The lowest BCUT2D eigenvalue weighted by Gasteiger charge is -2.31. The van der Waals surface area contributed by atoms with Crippen molar-refractivity contribution in [2.75, 3.05) is 38.8 Å². The van der Waals surface area contributed by atoms with Crippen molar-refractivity contribution in [3.05, 3.63) is 35.9 Å². The third-order valence-electron chi connectivity index (χ3n) is 3.48. The molecule has 1 fully saturated rings. The summed E-state index contributed by atoms with van der Waals surface area (Å²) in [6.45, 7) is 2.73. The van der Waals surface area contributed by atoms with Gasteiger partial charge in [0.25, 0.3) is 0 Å². The molecule has 94 valence electrons. The molecule has 2 nitrogen and oxygen atoms in total. The molecule has 0 radical (unpaired) electrons. The Bertz CT molecular complexity index is 330. The Morgan fingerprint density at radius 3 is 2.82 bits per heavy atom. The molecule has 2 unspecified atom stereocenters. The summed E-state index contributed by atoms with van der Waals surface area (Å²) in [6, 6.07) is 11.3. The second-order valence-corrected chi connectivity index (χ2v) is 5.51. The third kappa shape index (κ3) is 3.24. The Labute approximate surface area is 108 Å². The Morgan fingerprint density at radius 1 is 1.35 bits per heavy atom. The molecule has 1 aromatic rings. The molecule has 0 aliphatic carbocycles. The molecule has 1 aliphatic rings. The van der Waals surface area contributed by atoms with E-state index in [1.54, 1.807) is 0 Å². The quantitative estimate of drug-likeness (QED) is 0.819. The average Bonchev–Trinajstić information content (AvgIpc) is 2.54. The maximum atomic E-state index is 5.76. The van der Waals surface area contributed by atoms with Crippen LogP contribution in [0.4, 0.5) is 0 Å². The highest BCUT2D eigenvalue weighted by Crippen LogP contribution is 2.27. The summed E-state index contributed by atoms with van der Waals surface area (Å²) < 4.78 is 5.76. The molecule has 0 aromatic heterocycles. The van der Waals surface area contributed by atoms with E-state index >= 15 is 0 Å². The fraction of sp³-hybridized carbons (Fsp3) is 0.571. The Balaban J connectivity index is 2.21. The number of likely N-dealkylation sites (N-methyl/N-ethyl adjacent to an activating group) is 1. The molecule has 3 heteroatoms. The second kappa shape index (κ2) is 6.43. The predicted octanol–water partition coefficient (Wildman–Crippen LogP) is 2.46. The average molecular weight is 251 g/mol. The van der Waals surface area contributed by atoms with Gasteiger partial charge in [0.15, 0.2) is 0 Å². The van der Waals surface area contributed by atoms with Gasteiger partial charge in [-0.2, -0.15) is 11.8 Å². The first-order chi connectivity index (χ1) is 8.33. The van der Waals surface area contributed by atoms with Crippen molar-refractivity contribution in [3.8, 4) is 0 Å². The fourth-order valence-corrected chi connectivity index (χ4v) is 3.26. The van der Waals surface area contributed by atoms with E-state index in [9.17, 15) is 0 Å². The van der Waals surface area contributed by atoms with Gasteiger partial charge in [-0.3, -0.25) is 4.90 Å². The summed E-state index contributed by atoms with van der Waals surface area (Å²) in [5.41, 5.74) is 1.40. The van der Waals surface area contributed by atoms with Crippen LogP contribution in [0.1, 0.15) is 11.5 Å². The van der Waals surface area contributed by atoms with Crippen molar-refractivity contribution in [1.82, 2.24) is 4.90 Å². The number of rotatable bonds is 3. The van der Waals surface area contributed by atoms with Crippen LogP contribution in [0.3, 0.4) is 0 Å². The largest absolute Gasteiger partial charge is 0.379 e. The molecule has 17 heavy (non-hydrogen) atoms. The lowest BCUT2D eigenvalue weighted by molar-refractivity contribution is 0.136. The molecule has 0 amide bonds. The van der Waals surface area contributed by atoms with Gasteiger partial charge in [0.2, 0.25) is 0 Å². The lowest BCUT2D eigenvalue weighted by atomic mass is 9.92. The number of thioether (sulfide) groups is 1.